The summed E-state index contributed by atoms with van der Waals surface area (Å²) in [6.07, 6.45) is 2.90. The SMILES string of the molecule is C=C(Br)C(CCCC)(C(C)=O)c1ccccc1. The summed E-state index contributed by atoms with van der Waals surface area (Å²) in [6.45, 7) is 7.75. The number of Topliss-reactive ketones (excluding diaryl/α,β-unsaturated/α-hetero) is 1. The maximum Gasteiger partial charge on any atom is 0.145 e. The second-order valence-corrected chi connectivity index (χ2v) is 5.29. The number of unbranched alkanes of at least 4 members (excludes halogenated alkanes) is 1. The Morgan fingerprint density at radius 2 is 1.94 bits per heavy atom. The lowest BCUT2D eigenvalue weighted by atomic mass is 9.73. The number of benzene rings is 1. The van der Waals surface area contributed by atoms with E-state index >= 15 is 0 Å². The second-order valence-electron chi connectivity index (χ2n) is 4.34. The molecule has 0 aliphatic carbocycles. The van der Waals surface area contributed by atoms with Crippen molar-refractivity contribution in [3.05, 3.63) is 47.0 Å². The van der Waals surface area contributed by atoms with Gasteiger partial charge in [-0.05, 0) is 18.9 Å². The van der Waals surface area contributed by atoms with Gasteiger partial charge >= 0.3 is 0 Å². The lowest BCUT2D eigenvalue weighted by molar-refractivity contribution is -0.121. The van der Waals surface area contributed by atoms with Gasteiger partial charge < -0.3 is 0 Å². The lowest BCUT2D eigenvalue weighted by Crippen LogP contribution is -2.34. The second kappa shape index (κ2) is 6.15. The van der Waals surface area contributed by atoms with Crippen LogP contribution < -0.4 is 0 Å². The van der Waals surface area contributed by atoms with Crippen LogP contribution in [0, 0.1) is 0 Å². The number of halogens is 1. The molecule has 0 aliphatic heterocycles. The zero-order valence-electron chi connectivity index (χ0n) is 10.5. The average Bonchev–Trinajstić information content (AvgIpc) is 2.30. The third-order valence-electron chi connectivity index (χ3n) is 3.24. The van der Waals surface area contributed by atoms with E-state index in [1.54, 1.807) is 6.92 Å². The molecule has 92 valence electrons. The predicted molar refractivity (Wildman–Crippen MR) is 76.4 cm³/mol. The minimum absolute atomic E-state index is 0.152. The van der Waals surface area contributed by atoms with Crippen molar-refractivity contribution in [3.8, 4) is 0 Å². The first-order valence-electron chi connectivity index (χ1n) is 5.97. The minimum Gasteiger partial charge on any atom is -0.299 e. The number of rotatable bonds is 6. The highest BCUT2D eigenvalue weighted by Crippen LogP contribution is 2.40. The van der Waals surface area contributed by atoms with E-state index in [-0.39, 0.29) is 5.78 Å². The van der Waals surface area contributed by atoms with Crippen LogP contribution >= 0.6 is 15.9 Å². The number of hydrogen-bond acceptors (Lipinski definition) is 1. The van der Waals surface area contributed by atoms with Crippen molar-refractivity contribution in [2.75, 3.05) is 0 Å². The molecular formula is C15H19BrO. The standard InChI is InChI=1S/C15H19BrO/c1-4-5-11-15(12(2)16,13(3)17)14-9-7-6-8-10-14/h6-10H,2,4-5,11H2,1,3H3. The monoisotopic (exact) mass is 294 g/mol. The summed E-state index contributed by atoms with van der Waals surface area (Å²) in [4.78, 5) is 12.1. The van der Waals surface area contributed by atoms with E-state index in [9.17, 15) is 4.79 Å². The number of ketones is 1. The van der Waals surface area contributed by atoms with Crippen LogP contribution in [0.3, 0.4) is 0 Å². The van der Waals surface area contributed by atoms with Gasteiger partial charge in [-0.2, -0.15) is 0 Å². The molecule has 0 bridgehead atoms. The molecule has 1 rings (SSSR count). The van der Waals surface area contributed by atoms with Crippen LogP contribution in [-0.2, 0) is 10.2 Å². The molecule has 0 fully saturated rings. The van der Waals surface area contributed by atoms with Crippen molar-refractivity contribution < 1.29 is 4.79 Å². The summed E-state index contributed by atoms with van der Waals surface area (Å²) >= 11 is 3.45. The Labute approximate surface area is 112 Å². The van der Waals surface area contributed by atoms with Crippen LogP contribution in [0.4, 0.5) is 0 Å². The highest BCUT2D eigenvalue weighted by atomic mass is 79.9. The molecule has 1 aromatic rings. The van der Waals surface area contributed by atoms with Crippen molar-refractivity contribution in [3.63, 3.8) is 0 Å². The van der Waals surface area contributed by atoms with Gasteiger partial charge in [0.15, 0.2) is 0 Å². The van der Waals surface area contributed by atoms with E-state index in [0.717, 1.165) is 29.3 Å². The Morgan fingerprint density at radius 1 is 1.35 bits per heavy atom. The molecule has 1 atom stereocenters. The molecule has 0 radical (unpaired) electrons. The van der Waals surface area contributed by atoms with Crippen molar-refractivity contribution in [1.82, 2.24) is 0 Å². The normalized spacial score (nSPS) is 14.1. The molecule has 0 N–H and O–H groups in total. The largest absolute Gasteiger partial charge is 0.299 e. The molecular weight excluding hydrogens is 276 g/mol. The summed E-state index contributed by atoms with van der Waals surface area (Å²) in [6, 6.07) is 9.90. The molecule has 1 unspecified atom stereocenters. The molecule has 0 aromatic heterocycles. The number of carbonyl (C=O) groups excluding carboxylic acids is 1. The molecule has 1 aromatic carbocycles. The van der Waals surface area contributed by atoms with Gasteiger partial charge in [-0.1, -0.05) is 72.6 Å². The quantitative estimate of drug-likeness (QED) is 0.749. The molecule has 2 heteroatoms. The van der Waals surface area contributed by atoms with Gasteiger partial charge in [0.1, 0.15) is 5.78 Å². The van der Waals surface area contributed by atoms with Crippen LogP contribution in [0.2, 0.25) is 0 Å². The van der Waals surface area contributed by atoms with Crippen LogP contribution in [0.5, 0.6) is 0 Å². The van der Waals surface area contributed by atoms with Gasteiger partial charge in [0.05, 0.1) is 5.41 Å². The smallest absolute Gasteiger partial charge is 0.145 e. The van der Waals surface area contributed by atoms with Gasteiger partial charge in [0.25, 0.3) is 0 Å². The first-order valence-corrected chi connectivity index (χ1v) is 6.76. The van der Waals surface area contributed by atoms with Crippen molar-refractivity contribution in [1.29, 1.82) is 0 Å². The number of hydrogen-bond donors (Lipinski definition) is 0. The summed E-state index contributed by atoms with van der Waals surface area (Å²) < 4.78 is 0.761. The summed E-state index contributed by atoms with van der Waals surface area (Å²) in [5.74, 6) is 0.152. The summed E-state index contributed by atoms with van der Waals surface area (Å²) in [5.41, 5.74) is 0.458. The zero-order valence-corrected chi connectivity index (χ0v) is 12.1. The lowest BCUT2D eigenvalue weighted by Gasteiger charge is -2.31. The Bertz CT molecular complexity index is 381. The maximum atomic E-state index is 12.1. The molecule has 17 heavy (non-hydrogen) atoms. The Hall–Kier alpha value is -0.890. The van der Waals surface area contributed by atoms with Crippen LogP contribution in [0.1, 0.15) is 38.7 Å². The van der Waals surface area contributed by atoms with Gasteiger partial charge in [-0.25, -0.2) is 0 Å². The van der Waals surface area contributed by atoms with Crippen molar-refractivity contribution in [2.24, 2.45) is 0 Å². The summed E-state index contributed by atoms with van der Waals surface area (Å²) in [7, 11) is 0. The van der Waals surface area contributed by atoms with Gasteiger partial charge in [0, 0.05) is 4.48 Å². The van der Waals surface area contributed by atoms with E-state index in [4.69, 9.17) is 0 Å². The van der Waals surface area contributed by atoms with E-state index in [0.29, 0.717) is 0 Å². The fraction of sp³-hybridized carbons (Fsp3) is 0.400. The van der Waals surface area contributed by atoms with Gasteiger partial charge in [-0.15, -0.1) is 0 Å². The molecule has 0 spiro atoms. The molecule has 0 amide bonds. The number of allylic oxidation sites excluding steroid dienone is 1. The third kappa shape index (κ3) is 2.86. The van der Waals surface area contributed by atoms with E-state index in [1.165, 1.54) is 0 Å². The molecule has 0 saturated carbocycles. The highest BCUT2D eigenvalue weighted by molar-refractivity contribution is 9.11. The zero-order chi connectivity index (χ0) is 12.9. The maximum absolute atomic E-state index is 12.1. The third-order valence-corrected chi connectivity index (χ3v) is 3.91. The van der Waals surface area contributed by atoms with E-state index < -0.39 is 5.41 Å². The molecule has 0 heterocycles. The molecule has 1 nitrogen and oxygen atoms in total. The average molecular weight is 295 g/mol. The first kappa shape index (κ1) is 14.2. The van der Waals surface area contributed by atoms with Crippen molar-refractivity contribution in [2.45, 2.75) is 38.5 Å². The Balaban J connectivity index is 3.25. The Kier molecular flexibility index (Phi) is 5.13. The minimum atomic E-state index is -0.572. The van der Waals surface area contributed by atoms with Gasteiger partial charge in [-0.3, -0.25) is 4.79 Å². The van der Waals surface area contributed by atoms with E-state index in [1.807, 2.05) is 30.3 Å². The van der Waals surface area contributed by atoms with Crippen LogP contribution in [0.15, 0.2) is 41.4 Å². The fourth-order valence-electron chi connectivity index (χ4n) is 2.17. The molecule has 0 aliphatic rings. The number of carbonyl (C=O) groups is 1. The Morgan fingerprint density at radius 3 is 2.35 bits per heavy atom. The first-order chi connectivity index (χ1) is 8.05. The van der Waals surface area contributed by atoms with Crippen molar-refractivity contribution >= 4 is 21.7 Å². The fourth-order valence-corrected chi connectivity index (χ4v) is 2.88. The predicted octanol–water partition coefficient (Wildman–Crippen LogP) is 4.61. The topological polar surface area (TPSA) is 17.1 Å². The summed E-state index contributed by atoms with van der Waals surface area (Å²) in [5, 5.41) is 0. The van der Waals surface area contributed by atoms with E-state index in [2.05, 4.69) is 29.4 Å². The molecule has 0 saturated heterocycles. The highest BCUT2D eigenvalue weighted by Gasteiger charge is 2.38. The van der Waals surface area contributed by atoms with Crippen LogP contribution in [0.25, 0.3) is 0 Å². The van der Waals surface area contributed by atoms with Crippen LogP contribution in [-0.4, -0.2) is 5.78 Å². The van der Waals surface area contributed by atoms with Gasteiger partial charge in [0.2, 0.25) is 0 Å².